The first-order valence-corrected chi connectivity index (χ1v) is 6.34. The standard InChI is InChI=1S/C12H14BrNO2/c1-16-12(15)11-8-14(11)10(7-13)9-5-3-2-4-6-9/h2-6,10-11H,7-8H2,1H3. The Labute approximate surface area is 104 Å². The SMILES string of the molecule is COC(=O)C1CN1C(CBr)c1ccccc1. The first kappa shape index (κ1) is 11.6. The average Bonchev–Trinajstić information content (AvgIpc) is 3.11. The molecule has 0 spiro atoms. The molecule has 1 aliphatic rings. The summed E-state index contributed by atoms with van der Waals surface area (Å²) in [6.07, 6.45) is 0. The molecule has 2 rings (SSSR count). The number of hydrogen-bond acceptors (Lipinski definition) is 3. The van der Waals surface area contributed by atoms with Crippen LogP contribution in [-0.2, 0) is 9.53 Å². The summed E-state index contributed by atoms with van der Waals surface area (Å²) < 4.78 is 4.74. The Morgan fingerprint density at radius 3 is 2.81 bits per heavy atom. The Morgan fingerprint density at radius 1 is 1.56 bits per heavy atom. The second-order valence-corrected chi connectivity index (χ2v) is 4.46. The molecule has 0 aromatic heterocycles. The Morgan fingerprint density at radius 2 is 2.25 bits per heavy atom. The third-order valence-corrected chi connectivity index (χ3v) is 3.47. The lowest BCUT2D eigenvalue weighted by atomic mass is 10.1. The first-order chi connectivity index (χ1) is 7.77. The molecular weight excluding hydrogens is 270 g/mol. The maximum atomic E-state index is 11.4. The van der Waals surface area contributed by atoms with Gasteiger partial charge in [-0.15, -0.1) is 0 Å². The lowest BCUT2D eigenvalue weighted by molar-refractivity contribution is -0.141. The van der Waals surface area contributed by atoms with Gasteiger partial charge in [0.05, 0.1) is 7.11 Å². The van der Waals surface area contributed by atoms with E-state index in [2.05, 4.69) is 33.0 Å². The molecule has 0 aliphatic carbocycles. The minimum absolute atomic E-state index is 0.0623. The van der Waals surface area contributed by atoms with E-state index >= 15 is 0 Å². The minimum atomic E-state index is -0.137. The van der Waals surface area contributed by atoms with E-state index in [1.807, 2.05) is 18.2 Å². The summed E-state index contributed by atoms with van der Waals surface area (Å²) in [6.45, 7) is 0.790. The summed E-state index contributed by atoms with van der Waals surface area (Å²) in [4.78, 5) is 13.5. The van der Waals surface area contributed by atoms with Crippen LogP contribution in [0.4, 0.5) is 0 Å². The van der Waals surface area contributed by atoms with Crippen molar-refractivity contribution in [2.24, 2.45) is 0 Å². The van der Waals surface area contributed by atoms with Crippen molar-refractivity contribution in [3.63, 3.8) is 0 Å². The maximum Gasteiger partial charge on any atom is 0.324 e. The number of carbonyl (C=O) groups is 1. The molecule has 0 N–H and O–H groups in total. The van der Waals surface area contributed by atoms with Crippen LogP contribution in [0.25, 0.3) is 0 Å². The van der Waals surface area contributed by atoms with Gasteiger partial charge >= 0.3 is 5.97 Å². The lowest BCUT2D eigenvalue weighted by Crippen LogP contribution is -2.19. The molecule has 1 aromatic rings. The van der Waals surface area contributed by atoms with E-state index in [9.17, 15) is 4.79 Å². The molecule has 1 fully saturated rings. The van der Waals surface area contributed by atoms with Crippen molar-refractivity contribution in [3.8, 4) is 0 Å². The third kappa shape index (κ3) is 2.28. The zero-order chi connectivity index (χ0) is 11.5. The minimum Gasteiger partial charge on any atom is -0.468 e. The fourth-order valence-corrected chi connectivity index (χ4v) is 2.63. The molecule has 3 atom stereocenters. The fourth-order valence-electron chi connectivity index (χ4n) is 1.89. The Balaban J connectivity index is 2.06. The third-order valence-electron chi connectivity index (χ3n) is 2.85. The summed E-state index contributed by atoms with van der Waals surface area (Å²) in [5, 5.41) is 0.824. The molecule has 0 radical (unpaired) electrons. The topological polar surface area (TPSA) is 29.3 Å². The fraction of sp³-hybridized carbons (Fsp3) is 0.417. The number of nitrogens with zero attached hydrogens (tertiary/aromatic N) is 1. The number of methoxy groups -OCH3 is 1. The highest BCUT2D eigenvalue weighted by molar-refractivity contribution is 9.09. The Kier molecular flexibility index (Phi) is 3.61. The molecule has 1 heterocycles. The van der Waals surface area contributed by atoms with Crippen molar-refractivity contribution >= 4 is 21.9 Å². The van der Waals surface area contributed by atoms with Gasteiger partial charge < -0.3 is 4.74 Å². The van der Waals surface area contributed by atoms with Gasteiger partial charge in [-0.2, -0.15) is 0 Å². The molecule has 86 valence electrons. The lowest BCUT2D eigenvalue weighted by Gasteiger charge is -2.16. The van der Waals surface area contributed by atoms with Gasteiger partial charge in [-0.05, 0) is 5.56 Å². The summed E-state index contributed by atoms with van der Waals surface area (Å²) in [7, 11) is 1.44. The molecule has 3 unspecified atom stereocenters. The molecule has 3 nitrogen and oxygen atoms in total. The highest BCUT2D eigenvalue weighted by Gasteiger charge is 2.45. The van der Waals surface area contributed by atoms with Crippen LogP contribution in [0, 0.1) is 0 Å². The molecule has 0 bridgehead atoms. The number of benzene rings is 1. The predicted molar refractivity (Wildman–Crippen MR) is 65.5 cm³/mol. The largest absolute Gasteiger partial charge is 0.468 e. The number of hydrogen-bond donors (Lipinski definition) is 0. The second-order valence-electron chi connectivity index (χ2n) is 3.82. The Bertz CT molecular complexity index is 369. The van der Waals surface area contributed by atoms with Crippen LogP contribution in [0.5, 0.6) is 0 Å². The molecule has 0 amide bonds. The van der Waals surface area contributed by atoms with Gasteiger partial charge in [-0.25, -0.2) is 0 Å². The summed E-state index contributed by atoms with van der Waals surface area (Å²) >= 11 is 3.50. The zero-order valence-electron chi connectivity index (χ0n) is 9.10. The van der Waals surface area contributed by atoms with Gasteiger partial charge in [0.1, 0.15) is 6.04 Å². The van der Waals surface area contributed by atoms with Crippen LogP contribution in [0.15, 0.2) is 30.3 Å². The van der Waals surface area contributed by atoms with E-state index in [-0.39, 0.29) is 18.1 Å². The highest BCUT2D eigenvalue weighted by Crippen LogP contribution is 2.33. The second kappa shape index (κ2) is 4.97. The predicted octanol–water partition coefficient (Wildman–Crippen LogP) is 1.98. The molecule has 1 aromatic carbocycles. The number of ether oxygens (including phenoxy) is 1. The van der Waals surface area contributed by atoms with Gasteiger partial charge in [0, 0.05) is 17.9 Å². The molecule has 4 heteroatoms. The van der Waals surface area contributed by atoms with Crippen molar-refractivity contribution in [1.82, 2.24) is 4.90 Å². The van der Waals surface area contributed by atoms with Gasteiger partial charge in [-0.3, -0.25) is 9.69 Å². The van der Waals surface area contributed by atoms with Crippen LogP contribution < -0.4 is 0 Å². The Hall–Kier alpha value is -0.870. The van der Waals surface area contributed by atoms with E-state index in [4.69, 9.17) is 4.74 Å². The van der Waals surface area contributed by atoms with Crippen molar-refractivity contribution in [3.05, 3.63) is 35.9 Å². The molecule has 1 aliphatic heterocycles. The van der Waals surface area contributed by atoms with E-state index in [1.54, 1.807) is 0 Å². The van der Waals surface area contributed by atoms with E-state index in [1.165, 1.54) is 12.7 Å². The number of rotatable bonds is 4. The zero-order valence-corrected chi connectivity index (χ0v) is 10.7. The van der Waals surface area contributed by atoms with E-state index < -0.39 is 0 Å². The number of alkyl halides is 1. The van der Waals surface area contributed by atoms with Crippen LogP contribution in [0.2, 0.25) is 0 Å². The molecular formula is C12H14BrNO2. The maximum absolute atomic E-state index is 11.4. The molecule has 1 saturated heterocycles. The van der Waals surface area contributed by atoms with Gasteiger partial charge in [-0.1, -0.05) is 46.3 Å². The van der Waals surface area contributed by atoms with Gasteiger partial charge in [0.15, 0.2) is 0 Å². The summed E-state index contributed by atoms with van der Waals surface area (Å²) in [6, 6.07) is 10.4. The smallest absolute Gasteiger partial charge is 0.324 e. The van der Waals surface area contributed by atoms with Crippen molar-refractivity contribution in [2.45, 2.75) is 12.1 Å². The monoisotopic (exact) mass is 283 g/mol. The number of halogens is 1. The summed E-state index contributed by atoms with van der Waals surface area (Å²) in [5.41, 5.74) is 1.23. The normalized spacial score (nSPS) is 24.9. The quantitative estimate of drug-likeness (QED) is 0.481. The van der Waals surface area contributed by atoms with Gasteiger partial charge in [0.2, 0.25) is 0 Å². The number of carbonyl (C=O) groups excluding carboxylic acids is 1. The van der Waals surface area contributed by atoms with Crippen LogP contribution in [0.1, 0.15) is 11.6 Å². The van der Waals surface area contributed by atoms with Gasteiger partial charge in [0.25, 0.3) is 0 Å². The van der Waals surface area contributed by atoms with Crippen LogP contribution in [0.3, 0.4) is 0 Å². The molecule has 16 heavy (non-hydrogen) atoms. The average molecular weight is 284 g/mol. The molecule has 0 saturated carbocycles. The highest BCUT2D eigenvalue weighted by atomic mass is 79.9. The van der Waals surface area contributed by atoms with E-state index in [0.717, 1.165) is 11.9 Å². The number of esters is 1. The van der Waals surface area contributed by atoms with Crippen molar-refractivity contribution in [2.75, 3.05) is 19.0 Å². The van der Waals surface area contributed by atoms with E-state index in [0.29, 0.717) is 0 Å². The van der Waals surface area contributed by atoms with Crippen molar-refractivity contribution in [1.29, 1.82) is 0 Å². The van der Waals surface area contributed by atoms with Crippen LogP contribution in [-0.4, -0.2) is 35.9 Å². The first-order valence-electron chi connectivity index (χ1n) is 5.22. The van der Waals surface area contributed by atoms with Crippen molar-refractivity contribution < 1.29 is 9.53 Å². The summed E-state index contributed by atoms with van der Waals surface area (Å²) in [5.74, 6) is -0.137. The van der Waals surface area contributed by atoms with Crippen LogP contribution >= 0.6 is 15.9 Å².